The maximum Gasteiger partial charge on any atom is 0.306 e. The lowest BCUT2D eigenvalue weighted by Crippen LogP contribution is -2.41. The van der Waals surface area contributed by atoms with Crippen LogP contribution in [0.25, 0.3) is 10.9 Å². The molecule has 3 rings (SSSR count). The first kappa shape index (κ1) is 16.2. The van der Waals surface area contributed by atoms with E-state index in [9.17, 15) is 14.4 Å². The molecule has 0 aliphatic heterocycles. The fourth-order valence-electron chi connectivity index (χ4n) is 3.33. The van der Waals surface area contributed by atoms with Gasteiger partial charge in [0.2, 0.25) is 0 Å². The van der Waals surface area contributed by atoms with E-state index in [1.54, 1.807) is 13.1 Å². The van der Waals surface area contributed by atoms with E-state index < -0.39 is 5.97 Å². The molecule has 1 aromatic carbocycles. The quantitative estimate of drug-likeness (QED) is 0.901. The van der Waals surface area contributed by atoms with Gasteiger partial charge in [-0.3, -0.25) is 14.4 Å². The maximum atomic E-state index is 12.5. The summed E-state index contributed by atoms with van der Waals surface area (Å²) in [6.45, 7) is 0. The molecular formula is C18H20N2O4. The summed E-state index contributed by atoms with van der Waals surface area (Å²) in [4.78, 5) is 35.9. The number of rotatable bonds is 3. The molecule has 0 unspecified atom stereocenters. The van der Waals surface area contributed by atoms with Gasteiger partial charge in [-0.05, 0) is 43.2 Å². The van der Waals surface area contributed by atoms with E-state index in [4.69, 9.17) is 5.11 Å². The number of nitrogens with one attached hydrogen (secondary N) is 1. The number of benzene rings is 1. The van der Waals surface area contributed by atoms with Crippen LogP contribution in [-0.4, -0.2) is 27.6 Å². The molecule has 1 fully saturated rings. The number of carboxylic acid groups (broad SMARTS) is 1. The van der Waals surface area contributed by atoms with Crippen LogP contribution in [0, 0.1) is 5.92 Å². The number of aliphatic carboxylic acids is 1. The molecule has 0 saturated heterocycles. The summed E-state index contributed by atoms with van der Waals surface area (Å²) in [5.74, 6) is -1.49. The van der Waals surface area contributed by atoms with Gasteiger partial charge in [0, 0.05) is 13.1 Å². The monoisotopic (exact) mass is 328 g/mol. The summed E-state index contributed by atoms with van der Waals surface area (Å²) in [6.07, 6.45) is 2.35. The van der Waals surface area contributed by atoms with E-state index in [2.05, 4.69) is 5.32 Å². The zero-order valence-corrected chi connectivity index (χ0v) is 13.5. The molecule has 1 heterocycles. The lowest BCUT2D eigenvalue weighted by atomic mass is 9.86. The molecule has 0 spiro atoms. The molecule has 2 N–H and O–H groups in total. The number of hydrogen-bond donors (Lipinski definition) is 2. The van der Waals surface area contributed by atoms with Gasteiger partial charge < -0.3 is 15.0 Å². The predicted octanol–water partition coefficient (Wildman–Crippen LogP) is 1.91. The average molecular weight is 328 g/mol. The number of pyridine rings is 1. The van der Waals surface area contributed by atoms with Crippen molar-refractivity contribution in [2.75, 3.05) is 0 Å². The van der Waals surface area contributed by atoms with Crippen molar-refractivity contribution in [2.24, 2.45) is 13.0 Å². The van der Waals surface area contributed by atoms with Crippen LogP contribution in [0.5, 0.6) is 0 Å². The normalized spacial score (nSPS) is 20.7. The van der Waals surface area contributed by atoms with Crippen LogP contribution in [0.2, 0.25) is 0 Å². The minimum absolute atomic E-state index is 0.0794. The van der Waals surface area contributed by atoms with Gasteiger partial charge in [-0.25, -0.2) is 0 Å². The summed E-state index contributed by atoms with van der Waals surface area (Å²) in [7, 11) is 1.65. The first-order valence-corrected chi connectivity index (χ1v) is 8.10. The van der Waals surface area contributed by atoms with E-state index in [1.165, 1.54) is 4.57 Å². The van der Waals surface area contributed by atoms with Gasteiger partial charge in [-0.15, -0.1) is 0 Å². The molecule has 2 aromatic rings. The minimum Gasteiger partial charge on any atom is -0.481 e. The zero-order valence-electron chi connectivity index (χ0n) is 13.5. The Morgan fingerprint density at radius 2 is 1.83 bits per heavy atom. The highest BCUT2D eigenvalue weighted by molar-refractivity contribution is 5.97. The van der Waals surface area contributed by atoms with Gasteiger partial charge >= 0.3 is 5.97 Å². The topological polar surface area (TPSA) is 88.4 Å². The number of nitrogens with zero attached hydrogens (tertiary/aromatic N) is 1. The molecule has 6 heteroatoms. The second-order valence-corrected chi connectivity index (χ2v) is 6.34. The summed E-state index contributed by atoms with van der Waals surface area (Å²) < 4.78 is 1.48. The second-order valence-electron chi connectivity index (χ2n) is 6.34. The maximum absolute atomic E-state index is 12.5. The van der Waals surface area contributed by atoms with Gasteiger partial charge in [0.1, 0.15) is 5.56 Å². The molecule has 1 aliphatic carbocycles. The highest BCUT2D eigenvalue weighted by Gasteiger charge is 2.27. The van der Waals surface area contributed by atoms with Crippen LogP contribution in [0.1, 0.15) is 36.0 Å². The molecule has 1 amide bonds. The molecular weight excluding hydrogens is 308 g/mol. The van der Waals surface area contributed by atoms with Crippen LogP contribution in [0.4, 0.5) is 0 Å². The summed E-state index contributed by atoms with van der Waals surface area (Å²) in [5.41, 5.74) is 0.572. The number of aryl methyl sites for hydroxylation is 1. The first-order valence-electron chi connectivity index (χ1n) is 8.10. The van der Waals surface area contributed by atoms with Gasteiger partial charge in [-0.1, -0.05) is 18.2 Å². The fourth-order valence-corrected chi connectivity index (χ4v) is 3.33. The van der Waals surface area contributed by atoms with E-state index in [-0.39, 0.29) is 29.0 Å². The van der Waals surface area contributed by atoms with Crippen molar-refractivity contribution >= 4 is 22.8 Å². The number of para-hydroxylation sites is 1. The zero-order chi connectivity index (χ0) is 17.3. The Morgan fingerprint density at radius 3 is 2.50 bits per heavy atom. The van der Waals surface area contributed by atoms with E-state index >= 15 is 0 Å². The van der Waals surface area contributed by atoms with Crippen molar-refractivity contribution in [3.63, 3.8) is 0 Å². The Bertz CT molecular complexity index is 848. The first-order chi connectivity index (χ1) is 11.5. The third-order valence-electron chi connectivity index (χ3n) is 4.79. The van der Waals surface area contributed by atoms with Crippen molar-refractivity contribution < 1.29 is 14.7 Å². The number of amides is 1. The molecule has 1 aliphatic rings. The fraction of sp³-hybridized carbons (Fsp3) is 0.389. The molecule has 126 valence electrons. The number of fused-ring (bicyclic) bond motifs is 1. The lowest BCUT2D eigenvalue weighted by Gasteiger charge is -2.26. The van der Waals surface area contributed by atoms with Gasteiger partial charge in [-0.2, -0.15) is 0 Å². The van der Waals surface area contributed by atoms with E-state index in [1.807, 2.05) is 24.3 Å². The molecule has 0 atom stereocenters. The lowest BCUT2D eigenvalue weighted by molar-refractivity contribution is -0.142. The number of carbonyl (C=O) groups is 2. The molecule has 6 nitrogen and oxygen atoms in total. The van der Waals surface area contributed by atoms with Crippen molar-refractivity contribution in [1.29, 1.82) is 0 Å². The largest absolute Gasteiger partial charge is 0.481 e. The van der Waals surface area contributed by atoms with Gasteiger partial charge in [0.15, 0.2) is 0 Å². The Labute approximate surface area is 139 Å². The minimum atomic E-state index is -0.775. The van der Waals surface area contributed by atoms with E-state index in [0.29, 0.717) is 25.7 Å². The molecule has 24 heavy (non-hydrogen) atoms. The average Bonchev–Trinajstić information content (AvgIpc) is 2.58. The predicted molar refractivity (Wildman–Crippen MR) is 90.0 cm³/mol. The number of carbonyl (C=O) groups excluding carboxylic acids is 1. The highest BCUT2D eigenvalue weighted by atomic mass is 16.4. The summed E-state index contributed by atoms with van der Waals surface area (Å²) in [6, 6.07) is 8.96. The molecule has 0 bridgehead atoms. The van der Waals surface area contributed by atoms with Gasteiger partial charge in [0.05, 0.1) is 11.4 Å². The number of hydrogen-bond acceptors (Lipinski definition) is 3. The Hall–Kier alpha value is -2.63. The standard InChI is InChI=1S/C18H20N2O4/c1-20-15-5-3-2-4-12(15)10-14(17(20)22)16(21)19-13-8-6-11(7-9-13)18(23)24/h2-5,10-11,13H,6-9H2,1H3,(H,19,21)(H,23,24). The van der Waals surface area contributed by atoms with Crippen LogP contribution in [0.15, 0.2) is 35.1 Å². The van der Waals surface area contributed by atoms with Crippen LogP contribution < -0.4 is 10.9 Å². The van der Waals surface area contributed by atoms with Crippen LogP contribution in [0.3, 0.4) is 0 Å². The van der Waals surface area contributed by atoms with Crippen LogP contribution >= 0.6 is 0 Å². The third kappa shape index (κ3) is 3.04. The Kier molecular flexibility index (Phi) is 4.38. The van der Waals surface area contributed by atoms with Crippen molar-refractivity contribution in [3.8, 4) is 0 Å². The molecule has 0 radical (unpaired) electrons. The van der Waals surface area contributed by atoms with Crippen molar-refractivity contribution in [2.45, 2.75) is 31.7 Å². The van der Waals surface area contributed by atoms with E-state index in [0.717, 1.165) is 10.9 Å². The second kappa shape index (κ2) is 6.47. The SMILES string of the molecule is Cn1c(=O)c(C(=O)NC2CCC(C(=O)O)CC2)cc2ccccc21. The summed E-state index contributed by atoms with van der Waals surface area (Å²) in [5, 5.41) is 12.7. The number of carboxylic acids is 1. The Morgan fingerprint density at radius 1 is 1.17 bits per heavy atom. The number of aromatic nitrogens is 1. The third-order valence-corrected chi connectivity index (χ3v) is 4.79. The Balaban J connectivity index is 1.79. The van der Waals surface area contributed by atoms with Gasteiger partial charge in [0.25, 0.3) is 11.5 Å². The molecule has 1 aromatic heterocycles. The molecule has 1 saturated carbocycles. The van der Waals surface area contributed by atoms with Crippen molar-refractivity contribution in [3.05, 3.63) is 46.2 Å². The highest BCUT2D eigenvalue weighted by Crippen LogP contribution is 2.24. The smallest absolute Gasteiger partial charge is 0.306 e. The van der Waals surface area contributed by atoms with Crippen LogP contribution in [-0.2, 0) is 11.8 Å². The summed E-state index contributed by atoms with van der Waals surface area (Å²) >= 11 is 0. The van der Waals surface area contributed by atoms with Crippen molar-refractivity contribution in [1.82, 2.24) is 9.88 Å².